The van der Waals surface area contributed by atoms with E-state index in [1.165, 1.54) is 25.7 Å². The van der Waals surface area contributed by atoms with Gasteiger partial charge in [0.2, 0.25) is 0 Å². The number of hydrogen-bond acceptors (Lipinski definition) is 3. The molecule has 2 saturated carbocycles. The van der Waals surface area contributed by atoms with E-state index in [9.17, 15) is 9.59 Å². The SMILES string of the molecule is CN(CCNC(=O)NC1CCC(C(=O)O)C1)C1CCCC1. The van der Waals surface area contributed by atoms with Gasteiger partial charge in [-0.05, 0) is 39.2 Å². The maximum absolute atomic E-state index is 11.8. The number of carbonyl (C=O) groups is 2. The van der Waals surface area contributed by atoms with Gasteiger partial charge in [-0.15, -0.1) is 0 Å². The highest BCUT2D eigenvalue weighted by molar-refractivity contribution is 5.75. The zero-order valence-electron chi connectivity index (χ0n) is 12.8. The molecule has 21 heavy (non-hydrogen) atoms. The molecule has 2 atom stereocenters. The second kappa shape index (κ2) is 7.64. The quantitative estimate of drug-likeness (QED) is 0.692. The standard InChI is InChI=1S/C15H27N3O3/c1-18(13-4-2-3-5-13)9-8-16-15(21)17-12-7-6-11(10-12)14(19)20/h11-13H,2-10H2,1H3,(H,19,20)(H2,16,17,21). The Labute approximate surface area is 126 Å². The lowest BCUT2D eigenvalue weighted by molar-refractivity contribution is -0.141. The molecule has 0 aromatic rings. The summed E-state index contributed by atoms with van der Waals surface area (Å²) >= 11 is 0. The van der Waals surface area contributed by atoms with Crippen LogP contribution in [0.25, 0.3) is 0 Å². The van der Waals surface area contributed by atoms with E-state index in [-0.39, 0.29) is 18.0 Å². The number of urea groups is 1. The van der Waals surface area contributed by atoms with Gasteiger partial charge in [0.25, 0.3) is 0 Å². The molecule has 0 bridgehead atoms. The van der Waals surface area contributed by atoms with Gasteiger partial charge < -0.3 is 20.6 Å². The second-order valence-electron chi connectivity index (χ2n) is 6.36. The van der Waals surface area contributed by atoms with Crippen LogP contribution in [0, 0.1) is 5.92 Å². The van der Waals surface area contributed by atoms with E-state index in [0.717, 1.165) is 13.0 Å². The van der Waals surface area contributed by atoms with Crippen molar-refractivity contribution >= 4 is 12.0 Å². The molecule has 0 saturated heterocycles. The molecule has 2 amide bonds. The third-order valence-corrected chi connectivity index (χ3v) is 4.82. The lowest BCUT2D eigenvalue weighted by Crippen LogP contribution is -2.44. The Hall–Kier alpha value is -1.30. The van der Waals surface area contributed by atoms with E-state index >= 15 is 0 Å². The first-order valence-electron chi connectivity index (χ1n) is 8.03. The summed E-state index contributed by atoms with van der Waals surface area (Å²) < 4.78 is 0. The van der Waals surface area contributed by atoms with E-state index in [1.54, 1.807) is 0 Å². The third-order valence-electron chi connectivity index (χ3n) is 4.82. The summed E-state index contributed by atoms with van der Waals surface area (Å²) in [5.74, 6) is -1.05. The van der Waals surface area contributed by atoms with E-state index in [2.05, 4.69) is 22.6 Å². The Morgan fingerprint density at radius 2 is 1.90 bits per heavy atom. The zero-order valence-corrected chi connectivity index (χ0v) is 12.8. The van der Waals surface area contributed by atoms with Crippen molar-refractivity contribution in [3.63, 3.8) is 0 Å². The predicted octanol–water partition coefficient (Wildman–Crippen LogP) is 1.41. The maximum Gasteiger partial charge on any atom is 0.315 e. The Kier molecular flexibility index (Phi) is 5.85. The van der Waals surface area contributed by atoms with Crippen molar-refractivity contribution in [3.05, 3.63) is 0 Å². The normalized spacial score (nSPS) is 26.2. The Bertz CT molecular complexity index is 369. The van der Waals surface area contributed by atoms with Gasteiger partial charge >= 0.3 is 12.0 Å². The number of nitrogens with one attached hydrogen (secondary N) is 2. The molecule has 0 heterocycles. The Balaban J connectivity index is 1.58. The van der Waals surface area contributed by atoms with Crippen molar-refractivity contribution < 1.29 is 14.7 Å². The third kappa shape index (κ3) is 4.88. The smallest absolute Gasteiger partial charge is 0.315 e. The zero-order chi connectivity index (χ0) is 15.2. The molecule has 6 heteroatoms. The molecule has 120 valence electrons. The average Bonchev–Trinajstić information content (AvgIpc) is 3.09. The predicted molar refractivity (Wildman–Crippen MR) is 80.2 cm³/mol. The first-order valence-corrected chi connectivity index (χ1v) is 8.03. The van der Waals surface area contributed by atoms with E-state index in [1.807, 2.05) is 0 Å². The largest absolute Gasteiger partial charge is 0.481 e. The van der Waals surface area contributed by atoms with Gasteiger partial charge in [-0.25, -0.2) is 4.79 Å². The number of carboxylic acids is 1. The molecule has 0 radical (unpaired) electrons. The van der Waals surface area contributed by atoms with E-state index in [0.29, 0.717) is 25.4 Å². The summed E-state index contributed by atoms with van der Waals surface area (Å²) in [7, 11) is 2.12. The van der Waals surface area contributed by atoms with Gasteiger partial charge in [0.15, 0.2) is 0 Å². The van der Waals surface area contributed by atoms with Crippen LogP contribution in [0.3, 0.4) is 0 Å². The van der Waals surface area contributed by atoms with Crippen molar-refractivity contribution in [2.24, 2.45) is 5.92 Å². The van der Waals surface area contributed by atoms with Gasteiger partial charge in [-0.2, -0.15) is 0 Å². The van der Waals surface area contributed by atoms with Crippen LogP contribution in [0.15, 0.2) is 0 Å². The number of rotatable bonds is 6. The fourth-order valence-electron chi connectivity index (χ4n) is 3.45. The highest BCUT2D eigenvalue weighted by Gasteiger charge is 2.30. The summed E-state index contributed by atoms with van der Waals surface area (Å²) in [5, 5.41) is 14.7. The number of hydrogen-bond donors (Lipinski definition) is 3. The molecule has 3 N–H and O–H groups in total. The highest BCUT2D eigenvalue weighted by Crippen LogP contribution is 2.25. The van der Waals surface area contributed by atoms with Crippen LogP contribution in [0.2, 0.25) is 0 Å². The van der Waals surface area contributed by atoms with Crippen molar-refractivity contribution in [2.45, 2.75) is 57.0 Å². The Morgan fingerprint density at radius 3 is 2.52 bits per heavy atom. The number of carboxylic acid groups (broad SMARTS) is 1. The van der Waals surface area contributed by atoms with Gasteiger partial charge in [0.1, 0.15) is 0 Å². The molecule has 0 aromatic carbocycles. The lowest BCUT2D eigenvalue weighted by Gasteiger charge is -2.24. The molecule has 2 fully saturated rings. The van der Waals surface area contributed by atoms with Crippen molar-refractivity contribution in [3.8, 4) is 0 Å². The van der Waals surface area contributed by atoms with Crippen molar-refractivity contribution in [1.29, 1.82) is 0 Å². The topological polar surface area (TPSA) is 81.7 Å². The number of likely N-dealkylation sites (N-methyl/N-ethyl adjacent to an activating group) is 1. The molecular formula is C15H27N3O3. The molecule has 0 aliphatic heterocycles. The number of nitrogens with zero attached hydrogens (tertiary/aromatic N) is 1. The van der Waals surface area contributed by atoms with Crippen LogP contribution in [0.4, 0.5) is 4.79 Å². The van der Waals surface area contributed by atoms with Gasteiger partial charge in [-0.1, -0.05) is 12.8 Å². The van der Waals surface area contributed by atoms with Gasteiger partial charge in [0, 0.05) is 25.2 Å². The fourth-order valence-corrected chi connectivity index (χ4v) is 3.45. The van der Waals surface area contributed by atoms with Crippen molar-refractivity contribution in [2.75, 3.05) is 20.1 Å². The van der Waals surface area contributed by atoms with Crippen LogP contribution < -0.4 is 10.6 Å². The van der Waals surface area contributed by atoms with Crippen molar-refractivity contribution in [1.82, 2.24) is 15.5 Å². The molecule has 0 aromatic heterocycles. The molecular weight excluding hydrogens is 270 g/mol. The molecule has 2 unspecified atom stereocenters. The maximum atomic E-state index is 11.8. The molecule has 2 rings (SSSR count). The number of amides is 2. The average molecular weight is 297 g/mol. The Morgan fingerprint density at radius 1 is 1.19 bits per heavy atom. The summed E-state index contributed by atoms with van der Waals surface area (Å²) in [6.45, 7) is 1.49. The van der Waals surface area contributed by atoms with Crippen LogP contribution >= 0.6 is 0 Å². The minimum Gasteiger partial charge on any atom is -0.481 e. The van der Waals surface area contributed by atoms with Crippen LogP contribution in [-0.2, 0) is 4.79 Å². The summed E-state index contributed by atoms with van der Waals surface area (Å²) in [5.41, 5.74) is 0. The van der Waals surface area contributed by atoms with Crippen LogP contribution in [0.1, 0.15) is 44.9 Å². The van der Waals surface area contributed by atoms with Gasteiger partial charge in [0.05, 0.1) is 5.92 Å². The number of carbonyl (C=O) groups excluding carboxylic acids is 1. The summed E-state index contributed by atoms with van der Waals surface area (Å²) in [6.07, 6.45) is 7.12. The summed E-state index contributed by atoms with van der Waals surface area (Å²) in [6, 6.07) is 0.491. The fraction of sp³-hybridized carbons (Fsp3) is 0.867. The van der Waals surface area contributed by atoms with E-state index in [4.69, 9.17) is 5.11 Å². The molecule has 0 spiro atoms. The number of aliphatic carboxylic acids is 1. The lowest BCUT2D eigenvalue weighted by atomic mass is 10.1. The first-order chi connectivity index (χ1) is 10.1. The van der Waals surface area contributed by atoms with Crippen LogP contribution in [0.5, 0.6) is 0 Å². The van der Waals surface area contributed by atoms with Crippen LogP contribution in [-0.4, -0.2) is 54.2 Å². The minimum atomic E-state index is -0.752. The molecule has 2 aliphatic rings. The van der Waals surface area contributed by atoms with E-state index < -0.39 is 5.97 Å². The molecule has 6 nitrogen and oxygen atoms in total. The minimum absolute atomic E-state index is 0.00124. The van der Waals surface area contributed by atoms with Gasteiger partial charge in [-0.3, -0.25) is 4.79 Å². The second-order valence-corrected chi connectivity index (χ2v) is 6.36. The monoisotopic (exact) mass is 297 g/mol. The first kappa shape index (κ1) is 16.1. The summed E-state index contributed by atoms with van der Waals surface area (Å²) in [4.78, 5) is 25.0. The highest BCUT2D eigenvalue weighted by atomic mass is 16.4. The molecule has 2 aliphatic carbocycles.